The monoisotopic (exact) mass is 561 g/mol. The van der Waals surface area contributed by atoms with Gasteiger partial charge >= 0.3 is 0 Å². The minimum atomic E-state index is 0. The maximum atomic E-state index is 10.1. The second-order valence-electron chi connectivity index (χ2n) is 7.96. The average molecular weight is 561 g/mol. The summed E-state index contributed by atoms with van der Waals surface area (Å²) in [6, 6.07) is 15.7. The van der Waals surface area contributed by atoms with Gasteiger partial charge < -0.3 is 24.6 Å². The van der Waals surface area contributed by atoms with Gasteiger partial charge in [0.2, 0.25) is 5.89 Å². The smallest absolute Gasteiger partial charge is 0.226 e. The Bertz CT molecular complexity index is 1040. The van der Waals surface area contributed by atoms with E-state index in [0.29, 0.717) is 18.2 Å². The molecule has 0 saturated carbocycles. The number of phenolic OH excluding ortho intramolecular Hbond substituents is 1. The van der Waals surface area contributed by atoms with Crippen molar-refractivity contribution in [1.29, 1.82) is 0 Å². The minimum absolute atomic E-state index is 0. The molecule has 0 bridgehead atoms. The van der Waals surface area contributed by atoms with Gasteiger partial charge in [-0.25, -0.2) is 4.98 Å². The Hall–Kier alpha value is -2.75. The highest BCUT2D eigenvalue weighted by atomic mass is 127. The Morgan fingerprint density at radius 2 is 1.82 bits per heavy atom. The lowest BCUT2D eigenvalue weighted by Crippen LogP contribution is -2.52. The molecule has 176 valence electrons. The number of aliphatic imine (C=N–C) groups is 1. The third-order valence-electron chi connectivity index (χ3n) is 5.62. The van der Waals surface area contributed by atoms with E-state index in [-0.39, 0.29) is 24.0 Å². The summed E-state index contributed by atoms with van der Waals surface area (Å²) >= 11 is 0. The molecule has 33 heavy (non-hydrogen) atoms. The number of anilines is 1. The van der Waals surface area contributed by atoms with Crippen molar-refractivity contribution < 1.29 is 9.52 Å². The minimum Gasteiger partial charge on any atom is -0.506 e. The van der Waals surface area contributed by atoms with Gasteiger partial charge in [0.15, 0.2) is 5.96 Å². The van der Waals surface area contributed by atoms with Gasteiger partial charge in [0, 0.05) is 51.3 Å². The van der Waals surface area contributed by atoms with Gasteiger partial charge in [-0.1, -0.05) is 29.8 Å². The zero-order valence-corrected chi connectivity index (χ0v) is 21.5. The van der Waals surface area contributed by atoms with Crippen LogP contribution in [0.2, 0.25) is 0 Å². The van der Waals surface area contributed by atoms with E-state index in [1.54, 1.807) is 12.3 Å². The van der Waals surface area contributed by atoms with Crippen LogP contribution in [0.25, 0.3) is 11.5 Å². The van der Waals surface area contributed by atoms with Crippen molar-refractivity contribution in [3.05, 3.63) is 66.1 Å². The fraction of sp³-hybridized carbons (Fsp3) is 0.360. The van der Waals surface area contributed by atoms with Crippen molar-refractivity contribution >= 4 is 35.6 Å². The van der Waals surface area contributed by atoms with Crippen molar-refractivity contribution in [1.82, 2.24) is 15.2 Å². The highest BCUT2D eigenvalue weighted by Gasteiger charge is 2.21. The number of phenols is 1. The van der Waals surface area contributed by atoms with Crippen LogP contribution in [0.3, 0.4) is 0 Å². The van der Waals surface area contributed by atoms with Gasteiger partial charge in [0.1, 0.15) is 12.0 Å². The molecular weight excluding hydrogens is 529 g/mol. The van der Waals surface area contributed by atoms with Crippen LogP contribution >= 0.6 is 24.0 Å². The Kier molecular flexibility index (Phi) is 8.99. The van der Waals surface area contributed by atoms with E-state index in [1.165, 1.54) is 5.56 Å². The van der Waals surface area contributed by atoms with Crippen LogP contribution in [-0.2, 0) is 6.42 Å². The summed E-state index contributed by atoms with van der Waals surface area (Å²) in [6.07, 6.45) is 2.45. The van der Waals surface area contributed by atoms with E-state index in [0.717, 1.165) is 62.0 Å². The van der Waals surface area contributed by atoms with E-state index < -0.39 is 0 Å². The summed E-state index contributed by atoms with van der Waals surface area (Å²) in [5, 5.41) is 13.5. The van der Waals surface area contributed by atoms with Gasteiger partial charge in [-0.15, -0.1) is 24.0 Å². The highest BCUT2D eigenvalue weighted by Crippen LogP contribution is 2.27. The number of aryl methyl sites for hydroxylation is 1. The standard InChI is InChI=1S/C25H31N5O2.HI/c1-3-26-25(30-16-14-29(15-17-30)22-6-4-5-7-23(22)31)27-13-12-21-18-32-24(28-21)20-10-8-19(2)9-11-20;/h4-11,18,31H,3,12-17H2,1-2H3,(H,26,27);1H. The van der Waals surface area contributed by atoms with Crippen molar-refractivity contribution in [3.63, 3.8) is 0 Å². The third-order valence-corrected chi connectivity index (χ3v) is 5.62. The summed E-state index contributed by atoms with van der Waals surface area (Å²) in [6.45, 7) is 8.98. The van der Waals surface area contributed by atoms with Crippen LogP contribution in [0.5, 0.6) is 5.75 Å². The van der Waals surface area contributed by atoms with Crippen LogP contribution < -0.4 is 10.2 Å². The molecule has 1 aliphatic heterocycles. The van der Waals surface area contributed by atoms with Gasteiger partial charge in [0.05, 0.1) is 11.4 Å². The first kappa shape index (κ1) is 24.9. The second-order valence-corrected chi connectivity index (χ2v) is 7.96. The summed E-state index contributed by atoms with van der Waals surface area (Å²) in [5.41, 5.74) is 4.00. The first-order valence-electron chi connectivity index (χ1n) is 11.2. The topological polar surface area (TPSA) is 77.1 Å². The number of benzene rings is 2. The lowest BCUT2D eigenvalue weighted by atomic mass is 10.1. The summed E-state index contributed by atoms with van der Waals surface area (Å²) in [4.78, 5) is 13.9. The van der Waals surface area contributed by atoms with Crippen LogP contribution in [0.4, 0.5) is 5.69 Å². The third kappa shape index (κ3) is 6.40. The van der Waals surface area contributed by atoms with Gasteiger partial charge in [-0.3, -0.25) is 4.99 Å². The van der Waals surface area contributed by atoms with Crippen molar-refractivity contribution in [2.24, 2.45) is 4.99 Å². The summed E-state index contributed by atoms with van der Waals surface area (Å²) in [5.74, 6) is 1.90. The molecule has 3 aromatic rings. The molecule has 7 nitrogen and oxygen atoms in total. The van der Waals surface area contributed by atoms with Crippen LogP contribution in [0, 0.1) is 6.92 Å². The molecule has 8 heteroatoms. The van der Waals surface area contributed by atoms with E-state index in [2.05, 4.69) is 46.1 Å². The lowest BCUT2D eigenvalue weighted by molar-refractivity contribution is 0.370. The van der Waals surface area contributed by atoms with E-state index in [9.17, 15) is 5.11 Å². The zero-order valence-electron chi connectivity index (χ0n) is 19.2. The highest BCUT2D eigenvalue weighted by molar-refractivity contribution is 14.0. The number of piperazine rings is 1. The Labute approximate surface area is 212 Å². The van der Waals surface area contributed by atoms with Crippen molar-refractivity contribution in [3.8, 4) is 17.2 Å². The van der Waals surface area contributed by atoms with Gasteiger partial charge in [0.25, 0.3) is 0 Å². The number of aromatic nitrogens is 1. The fourth-order valence-corrected chi connectivity index (χ4v) is 3.84. The normalized spacial score (nSPS) is 14.2. The molecule has 1 aliphatic rings. The number of halogens is 1. The molecular formula is C25H32IN5O2. The molecule has 0 atom stereocenters. The number of hydrogen-bond donors (Lipinski definition) is 2. The summed E-state index contributed by atoms with van der Waals surface area (Å²) in [7, 11) is 0. The zero-order chi connectivity index (χ0) is 22.3. The van der Waals surface area contributed by atoms with Crippen LogP contribution in [-0.4, -0.2) is 60.2 Å². The molecule has 4 rings (SSSR count). The number of guanidine groups is 1. The number of nitrogens with one attached hydrogen (secondary N) is 1. The summed E-state index contributed by atoms with van der Waals surface area (Å²) < 4.78 is 5.66. The largest absolute Gasteiger partial charge is 0.506 e. The van der Waals surface area contributed by atoms with Crippen molar-refractivity contribution in [2.75, 3.05) is 44.2 Å². The Balaban J connectivity index is 0.00000306. The molecule has 0 aliphatic carbocycles. The number of hydrogen-bond acceptors (Lipinski definition) is 5. The lowest BCUT2D eigenvalue weighted by Gasteiger charge is -2.37. The van der Waals surface area contributed by atoms with Crippen LogP contribution in [0.1, 0.15) is 18.2 Å². The van der Waals surface area contributed by atoms with Crippen molar-refractivity contribution in [2.45, 2.75) is 20.3 Å². The molecule has 1 aromatic heterocycles. The molecule has 2 N–H and O–H groups in total. The first-order chi connectivity index (χ1) is 15.6. The molecule has 0 amide bonds. The fourth-order valence-electron chi connectivity index (χ4n) is 3.84. The number of oxazole rings is 1. The van der Waals surface area contributed by atoms with Gasteiger partial charge in [-0.05, 0) is 38.1 Å². The van der Waals surface area contributed by atoms with E-state index in [1.807, 2.05) is 30.3 Å². The Morgan fingerprint density at radius 3 is 2.52 bits per heavy atom. The quantitative estimate of drug-likeness (QED) is 0.266. The predicted molar refractivity (Wildman–Crippen MR) is 144 cm³/mol. The maximum Gasteiger partial charge on any atom is 0.226 e. The predicted octanol–water partition coefficient (Wildman–Crippen LogP) is 4.30. The molecule has 2 heterocycles. The molecule has 1 fully saturated rings. The second kappa shape index (κ2) is 11.9. The van der Waals surface area contributed by atoms with E-state index >= 15 is 0 Å². The SMILES string of the molecule is CCNC(=NCCc1coc(-c2ccc(C)cc2)n1)N1CCN(c2ccccc2O)CC1.I. The average Bonchev–Trinajstić information content (AvgIpc) is 3.28. The number of nitrogens with zero attached hydrogens (tertiary/aromatic N) is 4. The molecule has 1 saturated heterocycles. The molecule has 2 aromatic carbocycles. The Morgan fingerprint density at radius 1 is 1.09 bits per heavy atom. The maximum absolute atomic E-state index is 10.1. The van der Waals surface area contributed by atoms with Gasteiger partial charge in [-0.2, -0.15) is 0 Å². The molecule has 0 unspecified atom stereocenters. The number of rotatable bonds is 6. The van der Waals surface area contributed by atoms with E-state index in [4.69, 9.17) is 9.41 Å². The molecule has 0 spiro atoms. The number of para-hydroxylation sites is 2. The first-order valence-corrected chi connectivity index (χ1v) is 11.2. The number of aromatic hydroxyl groups is 1. The molecule has 0 radical (unpaired) electrons. The van der Waals surface area contributed by atoms with Crippen LogP contribution in [0.15, 0.2) is 64.2 Å².